The van der Waals surface area contributed by atoms with E-state index in [1.165, 1.54) is 22.3 Å². The number of hydrogen-bond acceptors (Lipinski definition) is 6. The van der Waals surface area contributed by atoms with E-state index < -0.39 is 0 Å². The Bertz CT molecular complexity index is 1050. The summed E-state index contributed by atoms with van der Waals surface area (Å²) >= 11 is 0. The minimum Gasteiger partial charge on any atom is -0.493 e. The van der Waals surface area contributed by atoms with E-state index in [9.17, 15) is 0 Å². The molecule has 0 spiro atoms. The summed E-state index contributed by atoms with van der Waals surface area (Å²) in [5.74, 6) is 3.19. The maximum Gasteiger partial charge on any atom is 0.120 e. The molecule has 1 fully saturated rings. The first-order chi connectivity index (χ1) is 16.0. The second-order valence-electron chi connectivity index (χ2n) is 10.0. The molecule has 176 valence electrons. The Morgan fingerprint density at radius 1 is 1.24 bits per heavy atom. The first kappa shape index (κ1) is 22.3. The Morgan fingerprint density at radius 2 is 2.12 bits per heavy atom. The van der Waals surface area contributed by atoms with Gasteiger partial charge in [-0.15, -0.1) is 0 Å². The van der Waals surface area contributed by atoms with Crippen LogP contribution in [0, 0.1) is 28.6 Å². The normalized spacial score (nSPS) is 25.8. The minimum absolute atomic E-state index is 0.177. The number of allylic oxidation sites excluding steroid dienone is 4. The van der Waals surface area contributed by atoms with Crippen molar-refractivity contribution in [2.24, 2.45) is 17.8 Å². The monoisotopic (exact) mass is 449 g/mol. The fourth-order valence-electron chi connectivity index (χ4n) is 5.81. The van der Waals surface area contributed by atoms with Gasteiger partial charge in [0, 0.05) is 32.6 Å². The third-order valence-electron chi connectivity index (χ3n) is 7.60. The number of imidazole rings is 1. The van der Waals surface area contributed by atoms with Crippen molar-refractivity contribution in [2.45, 2.75) is 52.0 Å². The quantitative estimate of drug-likeness (QED) is 0.495. The molecule has 0 saturated heterocycles. The highest BCUT2D eigenvalue weighted by Crippen LogP contribution is 2.48. The molecule has 4 aliphatic rings. The number of nitrogens with one attached hydrogen (secondary N) is 4. The van der Waals surface area contributed by atoms with Gasteiger partial charge in [0.15, 0.2) is 0 Å². The van der Waals surface area contributed by atoms with E-state index in [0.29, 0.717) is 29.9 Å². The number of methoxy groups -OCH3 is 1. The maximum atomic E-state index is 8.37. The van der Waals surface area contributed by atoms with Gasteiger partial charge in [0.1, 0.15) is 18.2 Å². The van der Waals surface area contributed by atoms with Crippen molar-refractivity contribution in [2.75, 3.05) is 26.9 Å². The van der Waals surface area contributed by atoms with Gasteiger partial charge in [-0.1, -0.05) is 6.92 Å². The maximum absolute atomic E-state index is 8.37. The van der Waals surface area contributed by atoms with Crippen LogP contribution in [0.25, 0.3) is 5.57 Å². The second-order valence-corrected chi connectivity index (χ2v) is 10.0. The van der Waals surface area contributed by atoms with Crippen LogP contribution >= 0.6 is 0 Å². The molecule has 2 heterocycles. The van der Waals surface area contributed by atoms with Crippen molar-refractivity contribution >= 4 is 17.0 Å². The van der Waals surface area contributed by atoms with Crippen LogP contribution in [0.15, 0.2) is 34.8 Å². The standard InChI is InChI=1S/C26H35N5O2/c1-15(13-32-2)10-29-12-25-30-11-23(31-25)17-3-5-19-18(7-17)14-33-24-9-20-16(8-21(19)24)4-6-22(27)26(20)28/h7,11,15-16,20,27-29H,3-6,8-10,12-14H2,1-2H3,(H,30,31). The molecular formula is C26H35N5O2. The van der Waals surface area contributed by atoms with Crippen LogP contribution in [0.5, 0.6) is 0 Å². The van der Waals surface area contributed by atoms with E-state index in [0.717, 1.165) is 75.5 Å². The number of aromatic nitrogens is 2. The Hall–Kier alpha value is -2.51. The van der Waals surface area contributed by atoms with Gasteiger partial charge < -0.3 is 30.6 Å². The number of hydrogen-bond donors (Lipinski definition) is 4. The molecule has 0 aromatic carbocycles. The minimum atomic E-state index is 0.177. The van der Waals surface area contributed by atoms with Gasteiger partial charge in [-0.2, -0.15) is 0 Å². The highest BCUT2D eigenvalue weighted by Gasteiger charge is 2.40. The highest BCUT2D eigenvalue weighted by atomic mass is 16.5. The predicted molar refractivity (Wildman–Crippen MR) is 129 cm³/mol. The number of aromatic amines is 1. The summed E-state index contributed by atoms with van der Waals surface area (Å²) in [6.45, 7) is 5.17. The van der Waals surface area contributed by atoms with Crippen molar-refractivity contribution in [3.8, 4) is 0 Å². The topological polar surface area (TPSA) is 107 Å². The van der Waals surface area contributed by atoms with Gasteiger partial charge in [-0.3, -0.25) is 0 Å². The van der Waals surface area contributed by atoms with E-state index in [2.05, 4.69) is 28.3 Å². The number of ether oxygens (including phenoxy) is 2. The zero-order chi connectivity index (χ0) is 22.9. The van der Waals surface area contributed by atoms with Gasteiger partial charge in [-0.05, 0) is 72.3 Å². The second kappa shape index (κ2) is 9.39. The molecule has 1 saturated carbocycles. The number of fused-ring (bicyclic) bond motifs is 2. The summed E-state index contributed by atoms with van der Waals surface area (Å²) in [5.41, 5.74) is 7.65. The summed E-state index contributed by atoms with van der Waals surface area (Å²) < 4.78 is 11.4. The fraction of sp³-hybridized carbons (Fsp3) is 0.577. The molecule has 33 heavy (non-hydrogen) atoms. The van der Waals surface area contributed by atoms with Crippen molar-refractivity contribution in [3.05, 3.63) is 46.3 Å². The summed E-state index contributed by atoms with van der Waals surface area (Å²) in [6, 6.07) is 0. The Kier molecular flexibility index (Phi) is 6.34. The number of H-pyrrole nitrogens is 1. The molecule has 0 bridgehead atoms. The average Bonchev–Trinajstić information content (AvgIpc) is 3.29. The fourth-order valence-corrected chi connectivity index (χ4v) is 5.81. The Labute approximate surface area is 195 Å². The summed E-state index contributed by atoms with van der Waals surface area (Å²) in [5, 5.41) is 19.9. The molecule has 3 aliphatic carbocycles. The lowest BCUT2D eigenvalue weighted by atomic mass is 9.66. The van der Waals surface area contributed by atoms with E-state index in [4.69, 9.17) is 20.3 Å². The third-order valence-corrected chi connectivity index (χ3v) is 7.60. The molecule has 3 atom stereocenters. The Morgan fingerprint density at radius 3 is 2.97 bits per heavy atom. The molecule has 7 heteroatoms. The van der Waals surface area contributed by atoms with E-state index in [-0.39, 0.29) is 5.92 Å². The summed E-state index contributed by atoms with van der Waals surface area (Å²) in [7, 11) is 1.74. The van der Waals surface area contributed by atoms with E-state index in [1.807, 2.05) is 6.20 Å². The third kappa shape index (κ3) is 4.49. The molecule has 1 aliphatic heterocycles. The first-order valence-electron chi connectivity index (χ1n) is 12.2. The molecule has 7 nitrogen and oxygen atoms in total. The molecule has 1 aromatic heterocycles. The van der Waals surface area contributed by atoms with Crippen LogP contribution in [0.3, 0.4) is 0 Å². The average molecular weight is 450 g/mol. The van der Waals surface area contributed by atoms with Crippen LogP contribution < -0.4 is 5.32 Å². The summed E-state index contributed by atoms with van der Waals surface area (Å²) in [4.78, 5) is 8.07. The molecule has 0 radical (unpaired) electrons. The van der Waals surface area contributed by atoms with Gasteiger partial charge in [0.05, 0.1) is 29.9 Å². The van der Waals surface area contributed by atoms with Gasteiger partial charge >= 0.3 is 0 Å². The molecule has 3 unspecified atom stereocenters. The molecule has 4 N–H and O–H groups in total. The first-order valence-corrected chi connectivity index (χ1v) is 12.2. The van der Waals surface area contributed by atoms with Gasteiger partial charge in [0.25, 0.3) is 0 Å². The lowest BCUT2D eigenvalue weighted by molar-refractivity contribution is 0.158. The Balaban J connectivity index is 1.28. The van der Waals surface area contributed by atoms with Gasteiger partial charge in [-0.25, -0.2) is 4.98 Å². The zero-order valence-corrected chi connectivity index (χ0v) is 19.7. The molecule has 0 amide bonds. The number of nitrogens with zero attached hydrogens (tertiary/aromatic N) is 1. The van der Waals surface area contributed by atoms with Crippen molar-refractivity contribution < 1.29 is 9.47 Å². The van der Waals surface area contributed by atoms with Crippen LogP contribution in [0.2, 0.25) is 0 Å². The van der Waals surface area contributed by atoms with Crippen molar-refractivity contribution in [3.63, 3.8) is 0 Å². The van der Waals surface area contributed by atoms with Crippen LogP contribution in [-0.2, 0) is 16.0 Å². The van der Waals surface area contributed by atoms with Crippen LogP contribution in [0.4, 0.5) is 0 Å². The van der Waals surface area contributed by atoms with E-state index >= 15 is 0 Å². The van der Waals surface area contributed by atoms with Crippen molar-refractivity contribution in [1.29, 1.82) is 10.8 Å². The lowest BCUT2D eigenvalue weighted by Crippen LogP contribution is -2.38. The zero-order valence-electron chi connectivity index (χ0n) is 19.7. The van der Waals surface area contributed by atoms with Crippen LogP contribution in [-0.4, -0.2) is 48.3 Å². The summed E-state index contributed by atoms with van der Waals surface area (Å²) in [6.07, 6.45) is 9.88. The van der Waals surface area contributed by atoms with Crippen molar-refractivity contribution in [1.82, 2.24) is 15.3 Å². The number of rotatable bonds is 7. The molecule has 1 aromatic rings. The largest absolute Gasteiger partial charge is 0.493 e. The lowest BCUT2D eigenvalue weighted by Gasteiger charge is -2.41. The smallest absolute Gasteiger partial charge is 0.120 e. The van der Waals surface area contributed by atoms with Crippen LogP contribution in [0.1, 0.15) is 57.0 Å². The predicted octanol–water partition coefficient (Wildman–Crippen LogP) is 4.40. The van der Waals surface area contributed by atoms with E-state index in [1.54, 1.807) is 7.11 Å². The van der Waals surface area contributed by atoms with Gasteiger partial charge in [0.2, 0.25) is 0 Å². The highest BCUT2D eigenvalue weighted by molar-refractivity contribution is 6.41. The molecule has 5 rings (SSSR count). The molecular weight excluding hydrogens is 414 g/mol. The SMILES string of the molecule is COCC(C)CNCc1ncc(C2=CC3=C(CC2)C2=C(CC4C(=N)C(=N)CCC4C2)OC3)[nH]1.